The molecule has 126 valence electrons. The van der Waals surface area contributed by atoms with E-state index < -0.39 is 11.9 Å². The normalized spacial score (nSPS) is 13.9. The molecule has 1 aliphatic rings. The van der Waals surface area contributed by atoms with Crippen LogP contribution in [0.3, 0.4) is 0 Å². The number of rotatable bonds is 5. The largest absolute Gasteiger partial charge is 0.486 e. The van der Waals surface area contributed by atoms with Gasteiger partial charge in [0.1, 0.15) is 19.0 Å². The molecule has 1 aromatic heterocycles. The van der Waals surface area contributed by atoms with Crippen molar-refractivity contribution in [1.29, 1.82) is 0 Å². The van der Waals surface area contributed by atoms with Gasteiger partial charge in [0.25, 0.3) is 5.91 Å². The summed E-state index contributed by atoms with van der Waals surface area (Å²) < 4.78 is 21.0. The van der Waals surface area contributed by atoms with Gasteiger partial charge in [-0.3, -0.25) is 4.79 Å². The average molecular weight is 331 g/mol. The zero-order chi connectivity index (χ0) is 16.9. The van der Waals surface area contributed by atoms with E-state index in [-0.39, 0.29) is 12.6 Å². The Balaban J connectivity index is 1.52. The van der Waals surface area contributed by atoms with Crippen LogP contribution in [0.5, 0.6) is 11.5 Å². The third-order valence-electron chi connectivity index (χ3n) is 3.46. The summed E-state index contributed by atoms with van der Waals surface area (Å²) in [5.74, 6) is 0.688. The van der Waals surface area contributed by atoms with Crippen LogP contribution in [0.25, 0.3) is 0 Å². The summed E-state index contributed by atoms with van der Waals surface area (Å²) >= 11 is 0. The molecule has 2 heterocycles. The zero-order valence-electron chi connectivity index (χ0n) is 13.1. The maximum absolute atomic E-state index is 12.0. The molecule has 0 fully saturated rings. The number of amides is 1. The molecule has 0 aliphatic carbocycles. The molecule has 1 amide bonds. The van der Waals surface area contributed by atoms with Gasteiger partial charge in [-0.1, -0.05) is 0 Å². The van der Waals surface area contributed by atoms with Crippen molar-refractivity contribution in [1.82, 2.24) is 5.32 Å². The molecule has 2 aromatic rings. The fourth-order valence-corrected chi connectivity index (χ4v) is 2.28. The van der Waals surface area contributed by atoms with Crippen LogP contribution >= 0.6 is 0 Å². The van der Waals surface area contributed by atoms with Crippen LogP contribution in [-0.2, 0) is 9.53 Å². The fraction of sp³-hybridized carbons (Fsp3) is 0.294. The Morgan fingerprint density at radius 1 is 1.21 bits per heavy atom. The van der Waals surface area contributed by atoms with E-state index in [1.165, 1.54) is 6.26 Å². The van der Waals surface area contributed by atoms with Crippen molar-refractivity contribution >= 4 is 11.9 Å². The highest BCUT2D eigenvalue weighted by molar-refractivity contribution is 5.92. The Bertz CT molecular complexity index is 725. The van der Waals surface area contributed by atoms with Crippen LogP contribution in [-0.4, -0.2) is 31.7 Å². The Kier molecular flexibility index (Phi) is 4.69. The van der Waals surface area contributed by atoms with E-state index in [0.717, 1.165) is 0 Å². The number of hydrogen-bond acceptors (Lipinski definition) is 6. The third kappa shape index (κ3) is 3.68. The van der Waals surface area contributed by atoms with Gasteiger partial charge in [0, 0.05) is 0 Å². The van der Waals surface area contributed by atoms with E-state index in [1.54, 1.807) is 37.3 Å². The van der Waals surface area contributed by atoms with Gasteiger partial charge in [-0.15, -0.1) is 0 Å². The first-order valence-electron chi connectivity index (χ1n) is 7.53. The summed E-state index contributed by atoms with van der Waals surface area (Å²) in [5.41, 5.74) is 0.297. The lowest BCUT2D eigenvalue weighted by Gasteiger charge is -2.18. The first kappa shape index (κ1) is 15.9. The lowest BCUT2D eigenvalue weighted by molar-refractivity contribution is -0.125. The summed E-state index contributed by atoms with van der Waals surface area (Å²) in [5, 5.41) is 2.68. The molecule has 1 atom stereocenters. The van der Waals surface area contributed by atoms with Crippen molar-refractivity contribution in [3.8, 4) is 11.5 Å². The Labute approximate surface area is 138 Å². The van der Waals surface area contributed by atoms with Gasteiger partial charge in [0.2, 0.25) is 0 Å². The maximum Gasteiger partial charge on any atom is 0.338 e. The molecular weight excluding hydrogens is 314 g/mol. The molecule has 24 heavy (non-hydrogen) atoms. The number of carbonyl (C=O) groups excluding carboxylic acids is 2. The second-order valence-corrected chi connectivity index (χ2v) is 5.24. The van der Waals surface area contributed by atoms with Crippen molar-refractivity contribution in [2.75, 3.05) is 19.8 Å². The Morgan fingerprint density at radius 3 is 2.75 bits per heavy atom. The van der Waals surface area contributed by atoms with E-state index in [1.807, 2.05) is 0 Å². The van der Waals surface area contributed by atoms with Gasteiger partial charge in [0.05, 0.1) is 17.9 Å². The van der Waals surface area contributed by atoms with Gasteiger partial charge in [-0.05, 0) is 37.3 Å². The summed E-state index contributed by atoms with van der Waals surface area (Å²) in [6.45, 7) is 2.31. The highest BCUT2D eigenvalue weighted by Crippen LogP contribution is 2.30. The van der Waals surface area contributed by atoms with Crippen molar-refractivity contribution in [2.45, 2.75) is 13.0 Å². The molecule has 1 N–H and O–H groups in total. The Morgan fingerprint density at radius 2 is 2.00 bits per heavy atom. The van der Waals surface area contributed by atoms with Crippen LogP contribution < -0.4 is 14.8 Å². The van der Waals surface area contributed by atoms with E-state index in [4.69, 9.17) is 18.6 Å². The summed E-state index contributed by atoms with van der Waals surface area (Å²) in [7, 11) is 0. The standard InChI is InChI=1S/C17H17NO6/c1-11(13-3-2-6-21-13)18-16(19)10-24-17(20)12-4-5-14-15(9-12)23-8-7-22-14/h2-6,9,11H,7-8,10H2,1H3,(H,18,19)/t11-/m1/s1. The summed E-state index contributed by atoms with van der Waals surface area (Å²) in [6, 6.07) is 7.94. The highest BCUT2D eigenvalue weighted by atomic mass is 16.6. The van der Waals surface area contributed by atoms with Crippen LogP contribution in [0.1, 0.15) is 29.1 Å². The number of benzene rings is 1. The van der Waals surface area contributed by atoms with Gasteiger partial charge < -0.3 is 23.9 Å². The molecule has 3 rings (SSSR count). The summed E-state index contributed by atoms with van der Waals surface area (Å²) in [4.78, 5) is 23.9. The number of carbonyl (C=O) groups is 2. The van der Waals surface area contributed by atoms with Gasteiger partial charge in [-0.2, -0.15) is 0 Å². The monoisotopic (exact) mass is 331 g/mol. The van der Waals surface area contributed by atoms with E-state index in [2.05, 4.69) is 5.32 Å². The van der Waals surface area contributed by atoms with Crippen LogP contribution in [0.4, 0.5) is 0 Å². The van der Waals surface area contributed by atoms with Crippen molar-refractivity contribution in [3.05, 3.63) is 47.9 Å². The van der Waals surface area contributed by atoms with Crippen LogP contribution in [0.15, 0.2) is 41.0 Å². The topological polar surface area (TPSA) is 87.0 Å². The molecule has 0 saturated heterocycles. The Hall–Kier alpha value is -2.96. The first-order chi connectivity index (χ1) is 11.6. The third-order valence-corrected chi connectivity index (χ3v) is 3.46. The molecule has 0 unspecified atom stereocenters. The molecule has 1 aromatic carbocycles. The summed E-state index contributed by atoms with van der Waals surface area (Å²) in [6.07, 6.45) is 1.53. The molecule has 0 radical (unpaired) electrons. The van der Waals surface area contributed by atoms with E-state index in [0.29, 0.717) is 36.0 Å². The first-order valence-corrected chi connectivity index (χ1v) is 7.53. The number of esters is 1. The molecule has 1 aliphatic heterocycles. The number of fused-ring (bicyclic) bond motifs is 1. The molecular formula is C17H17NO6. The lowest BCUT2D eigenvalue weighted by atomic mass is 10.2. The molecule has 7 nitrogen and oxygen atoms in total. The molecule has 0 saturated carbocycles. The second-order valence-electron chi connectivity index (χ2n) is 5.24. The maximum atomic E-state index is 12.0. The minimum Gasteiger partial charge on any atom is -0.486 e. The minimum atomic E-state index is -0.604. The lowest BCUT2D eigenvalue weighted by Crippen LogP contribution is -2.31. The van der Waals surface area contributed by atoms with Crippen LogP contribution in [0.2, 0.25) is 0 Å². The predicted molar refractivity (Wildman–Crippen MR) is 83.0 cm³/mol. The molecule has 7 heteroatoms. The molecule has 0 spiro atoms. The number of furan rings is 1. The van der Waals surface area contributed by atoms with Gasteiger partial charge in [-0.25, -0.2) is 4.79 Å². The van der Waals surface area contributed by atoms with Gasteiger partial charge in [0.15, 0.2) is 18.1 Å². The van der Waals surface area contributed by atoms with Crippen molar-refractivity contribution in [3.63, 3.8) is 0 Å². The van der Waals surface area contributed by atoms with Gasteiger partial charge >= 0.3 is 5.97 Å². The fourth-order valence-electron chi connectivity index (χ4n) is 2.28. The number of nitrogens with one attached hydrogen (secondary N) is 1. The quantitative estimate of drug-likeness (QED) is 0.844. The number of hydrogen-bond donors (Lipinski definition) is 1. The predicted octanol–water partition coefficient (Wildman–Crippen LogP) is 2.08. The smallest absolute Gasteiger partial charge is 0.338 e. The van der Waals surface area contributed by atoms with E-state index >= 15 is 0 Å². The SMILES string of the molecule is C[C@@H](NC(=O)COC(=O)c1ccc2c(c1)OCCO2)c1ccco1. The zero-order valence-corrected chi connectivity index (χ0v) is 13.1. The molecule has 0 bridgehead atoms. The minimum absolute atomic E-state index is 0.297. The van der Waals surface area contributed by atoms with Crippen molar-refractivity contribution in [2.24, 2.45) is 0 Å². The second kappa shape index (κ2) is 7.08. The van der Waals surface area contributed by atoms with E-state index in [9.17, 15) is 9.59 Å². The number of ether oxygens (including phenoxy) is 3. The highest BCUT2D eigenvalue weighted by Gasteiger charge is 2.17. The van der Waals surface area contributed by atoms with Crippen LogP contribution in [0, 0.1) is 0 Å². The average Bonchev–Trinajstić information content (AvgIpc) is 3.14. The van der Waals surface area contributed by atoms with Crippen molar-refractivity contribution < 1.29 is 28.2 Å².